The standard InChI is InChI=1S/C17H12ClN3O2S/c18-12-6-2-3-7-13(12)20-17-11(9-19)15(23)21-16(24-17)10-5-1-4-8-14(10)22/h1-8,16,20,22H,(H,21,23)/t16-/m0/s1. The van der Waals surface area contributed by atoms with Crippen molar-refractivity contribution in [1.82, 2.24) is 5.32 Å². The molecule has 0 aromatic heterocycles. The first kappa shape index (κ1) is 16.2. The second kappa shape index (κ2) is 6.87. The van der Waals surface area contributed by atoms with Crippen LogP contribution in [0.4, 0.5) is 5.69 Å². The van der Waals surface area contributed by atoms with Crippen LogP contribution in [0.25, 0.3) is 0 Å². The summed E-state index contributed by atoms with van der Waals surface area (Å²) in [6.07, 6.45) is 0. The smallest absolute Gasteiger partial charge is 0.265 e. The lowest BCUT2D eigenvalue weighted by molar-refractivity contribution is -0.117. The first-order valence-corrected chi connectivity index (χ1v) is 8.27. The molecule has 2 aromatic carbocycles. The van der Waals surface area contributed by atoms with Crippen molar-refractivity contribution in [2.24, 2.45) is 0 Å². The lowest BCUT2D eigenvalue weighted by Crippen LogP contribution is -2.33. The van der Waals surface area contributed by atoms with Gasteiger partial charge in [-0.15, -0.1) is 0 Å². The molecule has 5 nitrogen and oxygen atoms in total. The number of aromatic hydroxyl groups is 1. The van der Waals surface area contributed by atoms with E-state index in [1.165, 1.54) is 11.8 Å². The van der Waals surface area contributed by atoms with Gasteiger partial charge in [0.15, 0.2) is 0 Å². The van der Waals surface area contributed by atoms with Gasteiger partial charge in [-0.2, -0.15) is 5.26 Å². The molecule has 0 unspecified atom stereocenters. The Kier molecular flexibility index (Phi) is 4.65. The molecule has 1 aliphatic rings. The number of benzene rings is 2. The molecule has 0 bridgehead atoms. The molecule has 2 aromatic rings. The highest BCUT2D eigenvalue weighted by Crippen LogP contribution is 2.41. The van der Waals surface area contributed by atoms with Gasteiger partial charge in [-0.1, -0.05) is 53.7 Å². The van der Waals surface area contributed by atoms with Gasteiger partial charge in [0.25, 0.3) is 5.91 Å². The molecule has 0 saturated carbocycles. The molecule has 1 atom stereocenters. The maximum Gasteiger partial charge on any atom is 0.265 e. The number of phenolic OH excluding ortho intramolecular Hbond substituents is 1. The summed E-state index contributed by atoms with van der Waals surface area (Å²) in [6, 6.07) is 15.7. The summed E-state index contributed by atoms with van der Waals surface area (Å²) in [4.78, 5) is 12.2. The largest absolute Gasteiger partial charge is 0.508 e. The van der Waals surface area contributed by atoms with E-state index >= 15 is 0 Å². The number of amides is 1. The van der Waals surface area contributed by atoms with E-state index in [0.717, 1.165) is 0 Å². The number of hydrogen-bond acceptors (Lipinski definition) is 5. The molecular weight excluding hydrogens is 346 g/mol. The molecule has 0 fully saturated rings. The lowest BCUT2D eigenvalue weighted by Gasteiger charge is -2.26. The second-order valence-corrected chi connectivity index (χ2v) is 6.47. The second-order valence-electron chi connectivity index (χ2n) is 4.95. The molecule has 7 heteroatoms. The zero-order valence-electron chi connectivity index (χ0n) is 12.3. The number of para-hydroxylation sites is 2. The molecule has 3 rings (SSSR count). The maximum absolute atomic E-state index is 12.2. The number of carbonyl (C=O) groups is 1. The van der Waals surface area contributed by atoms with Crippen LogP contribution in [-0.2, 0) is 4.79 Å². The average Bonchev–Trinajstić information content (AvgIpc) is 2.57. The highest BCUT2D eigenvalue weighted by molar-refractivity contribution is 8.03. The third-order valence-corrected chi connectivity index (χ3v) is 4.88. The quantitative estimate of drug-likeness (QED) is 0.778. The molecule has 0 radical (unpaired) electrons. The van der Waals surface area contributed by atoms with Gasteiger partial charge in [0, 0.05) is 5.56 Å². The van der Waals surface area contributed by atoms with E-state index in [4.69, 9.17) is 11.6 Å². The average molecular weight is 358 g/mol. The van der Waals surface area contributed by atoms with Gasteiger partial charge < -0.3 is 15.7 Å². The summed E-state index contributed by atoms with van der Waals surface area (Å²) >= 11 is 7.37. The molecule has 0 aliphatic carbocycles. The maximum atomic E-state index is 12.2. The fourth-order valence-electron chi connectivity index (χ4n) is 2.23. The Hall–Kier alpha value is -2.62. The van der Waals surface area contributed by atoms with Gasteiger partial charge in [0.2, 0.25) is 0 Å². The molecule has 1 heterocycles. The van der Waals surface area contributed by atoms with E-state index in [9.17, 15) is 15.2 Å². The molecule has 0 saturated heterocycles. The predicted molar refractivity (Wildman–Crippen MR) is 94.3 cm³/mol. The summed E-state index contributed by atoms with van der Waals surface area (Å²) in [5.41, 5.74) is 1.14. The molecule has 3 N–H and O–H groups in total. The minimum Gasteiger partial charge on any atom is -0.508 e. The summed E-state index contributed by atoms with van der Waals surface area (Å²) in [7, 11) is 0. The van der Waals surface area contributed by atoms with Gasteiger partial charge in [0.05, 0.1) is 15.7 Å². The molecule has 24 heavy (non-hydrogen) atoms. The Balaban J connectivity index is 1.96. The van der Waals surface area contributed by atoms with Crippen LogP contribution < -0.4 is 10.6 Å². The minimum atomic E-state index is -0.513. The number of thioether (sulfide) groups is 1. The van der Waals surface area contributed by atoms with E-state index in [2.05, 4.69) is 10.6 Å². The summed E-state index contributed by atoms with van der Waals surface area (Å²) in [6.45, 7) is 0. The van der Waals surface area contributed by atoms with Crippen LogP contribution in [-0.4, -0.2) is 11.0 Å². The first-order chi connectivity index (χ1) is 11.6. The number of halogens is 1. The summed E-state index contributed by atoms with van der Waals surface area (Å²) in [5.74, 6) is -0.424. The van der Waals surface area contributed by atoms with Gasteiger partial charge in [-0.3, -0.25) is 4.79 Å². The Morgan fingerprint density at radius 2 is 1.92 bits per heavy atom. The van der Waals surface area contributed by atoms with Crippen molar-refractivity contribution in [2.75, 3.05) is 5.32 Å². The van der Waals surface area contributed by atoms with E-state index in [-0.39, 0.29) is 11.3 Å². The van der Waals surface area contributed by atoms with E-state index in [0.29, 0.717) is 21.3 Å². The topological polar surface area (TPSA) is 85.2 Å². The number of nitrogens with zero attached hydrogens (tertiary/aromatic N) is 1. The zero-order valence-corrected chi connectivity index (χ0v) is 13.9. The van der Waals surface area contributed by atoms with E-state index < -0.39 is 11.3 Å². The summed E-state index contributed by atoms with van der Waals surface area (Å²) < 4.78 is 0. The van der Waals surface area contributed by atoms with Crippen molar-refractivity contribution < 1.29 is 9.90 Å². The normalized spacial score (nSPS) is 17.2. The van der Waals surface area contributed by atoms with Gasteiger partial charge in [0.1, 0.15) is 22.8 Å². The minimum absolute atomic E-state index is 0.0217. The van der Waals surface area contributed by atoms with Crippen LogP contribution in [0.3, 0.4) is 0 Å². The van der Waals surface area contributed by atoms with Crippen LogP contribution in [0.1, 0.15) is 10.9 Å². The number of anilines is 1. The van der Waals surface area contributed by atoms with Crippen molar-refractivity contribution in [1.29, 1.82) is 5.26 Å². The number of phenols is 1. The van der Waals surface area contributed by atoms with Crippen molar-refractivity contribution >= 4 is 35.0 Å². The fraction of sp³-hybridized carbons (Fsp3) is 0.0588. The van der Waals surface area contributed by atoms with E-state index in [1.54, 1.807) is 48.5 Å². The fourth-order valence-corrected chi connectivity index (χ4v) is 3.57. The number of hydrogen-bond donors (Lipinski definition) is 3. The molecular formula is C17H12ClN3O2S. The Labute approximate surface area is 147 Å². The Morgan fingerprint density at radius 3 is 2.62 bits per heavy atom. The SMILES string of the molecule is N#CC1=C(Nc2ccccc2Cl)S[C@@H](c2ccccc2O)NC1=O. The number of rotatable bonds is 3. The van der Waals surface area contributed by atoms with Crippen molar-refractivity contribution in [2.45, 2.75) is 5.37 Å². The van der Waals surface area contributed by atoms with Crippen molar-refractivity contribution in [3.8, 4) is 11.8 Å². The number of carbonyl (C=O) groups excluding carboxylic acids is 1. The van der Waals surface area contributed by atoms with Crippen LogP contribution in [0.15, 0.2) is 59.1 Å². The predicted octanol–water partition coefficient (Wildman–Crippen LogP) is 3.75. The summed E-state index contributed by atoms with van der Waals surface area (Å²) in [5, 5.41) is 25.4. The van der Waals surface area contributed by atoms with Gasteiger partial charge >= 0.3 is 0 Å². The Morgan fingerprint density at radius 1 is 1.21 bits per heavy atom. The van der Waals surface area contributed by atoms with Crippen LogP contribution in [0.5, 0.6) is 5.75 Å². The van der Waals surface area contributed by atoms with Crippen LogP contribution >= 0.6 is 23.4 Å². The first-order valence-electron chi connectivity index (χ1n) is 7.01. The molecule has 120 valence electrons. The van der Waals surface area contributed by atoms with Crippen LogP contribution in [0, 0.1) is 11.3 Å². The number of nitrogens with one attached hydrogen (secondary N) is 2. The van der Waals surface area contributed by atoms with Crippen molar-refractivity contribution in [3.05, 3.63) is 69.7 Å². The monoisotopic (exact) mass is 357 g/mol. The highest BCUT2D eigenvalue weighted by atomic mass is 35.5. The Bertz CT molecular complexity index is 876. The number of nitriles is 1. The van der Waals surface area contributed by atoms with Gasteiger partial charge in [-0.05, 0) is 18.2 Å². The van der Waals surface area contributed by atoms with Gasteiger partial charge in [-0.25, -0.2) is 0 Å². The highest BCUT2D eigenvalue weighted by Gasteiger charge is 2.30. The molecule has 1 aliphatic heterocycles. The third kappa shape index (κ3) is 3.18. The zero-order chi connectivity index (χ0) is 17.1. The molecule has 0 spiro atoms. The van der Waals surface area contributed by atoms with Crippen LogP contribution in [0.2, 0.25) is 5.02 Å². The van der Waals surface area contributed by atoms with E-state index in [1.807, 2.05) is 6.07 Å². The lowest BCUT2D eigenvalue weighted by atomic mass is 10.2. The third-order valence-electron chi connectivity index (χ3n) is 3.41. The molecule has 1 amide bonds. The van der Waals surface area contributed by atoms with Crippen molar-refractivity contribution in [3.63, 3.8) is 0 Å².